The second-order valence-corrected chi connectivity index (χ2v) is 15.4. The van der Waals surface area contributed by atoms with E-state index < -0.39 is 70.0 Å². The Balaban J connectivity index is 1.29. The van der Waals surface area contributed by atoms with Crippen molar-refractivity contribution in [2.24, 2.45) is 40.9 Å². The SMILES string of the molecule is C/C=C(/C)C(=O)O[C@H]1CC[C@@]2(C)[C@@H]3CC[C@H]4[C@]5(O)[C@@H](O)[C@H](O)[C@H]6[C@@H](CN7C[C@@H](C)CC[C@H]7[C@@]6(C)O)[C@@H]5C[C@@]42O[C@]13O. The van der Waals surface area contributed by atoms with E-state index in [4.69, 9.17) is 9.47 Å². The summed E-state index contributed by atoms with van der Waals surface area (Å²) in [5, 5.41) is 60.5. The molecule has 0 aromatic carbocycles. The van der Waals surface area contributed by atoms with Gasteiger partial charge in [-0.25, -0.2) is 4.79 Å². The quantitative estimate of drug-likeness (QED) is 0.246. The number of aliphatic hydroxyl groups is 5. The molecule has 4 bridgehead atoms. The van der Waals surface area contributed by atoms with Crippen LogP contribution >= 0.6 is 0 Å². The minimum atomic E-state index is -1.69. The number of allylic oxidation sites excluding steroid dienone is 1. The van der Waals surface area contributed by atoms with E-state index in [0.717, 1.165) is 19.4 Å². The smallest absolute Gasteiger partial charge is 0.333 e. The molecule has 0 aromatic heterocycles. The highest BCUT2D eigenvalue weighted by Crippen LogP contribution is 2.77. The van der Waals surface area contributed by atoms with Gasteiger partial charge in [-0.1, -0.05) is 19.9 Å². The molecule has 0 radical (unpaired) electrons. The molecule has 3 aliphatic heterocycles. The van der Waals surface area contributed by atoms with E-state index >= 15 is 0 Å². The number of ether oxygens (including phenoxy) is 2. The molecular formula is C32H49NO8. The highest BCUT2D eigenvalue weighted by atomic mass is 16.7. The Morgan fingerprint density at radius 3 is 2.44 bits per heavy atom. The molecule has 9 heteroatoms. The van der Waals surface area contributed by atoms with Gasteiger partial charge in [0, 0.05) is 47.9 Å². The van der Waals surface area contributed by atoms with Gasteiger partial charge in [0.1, 0.15) is 11.7 Å². The average Bonchev–Trinajstić information content (AvgIpc) is 3.16. The number of aliphatic hydroxyl groups excluding tert-OH is 2. The largest absolute Gasteiger partial charge is 0.453 e. The first kappa shape index (κ1) is 28.7. The Morgan fingerprint density at radius 1 is 1.02 bits per heavy atom. The lowest BCUT2D eigenvalue weighted by atomic mass is 9.49. The van der Waals surface area contributed by atoms with Crippen molar-refractivity contribution >= 4 is 5.97 Å². The molecule has 41 heavy (non-hydrogen) atoms. The second kappa shape index (κ2) is 8.77. The molecule has 7 aliphatic rings. The first-order valence-electron chi connectivity index (χ1n) is 16.0. The summed E-state index contributed by atoms with van der Waals surface area (Å²) in [6.45, 7) is 11.1. The van der Waals surface area contributed by atoms with Gasteiger partial charge in [-0.05, 0) is 83.5 Å². The summed E-state index contributed by atoms with van der Waals surface area (Å²) in [5.41, 5.74) is -3.83. The Bertz CT molecular complexity index is 1160. The van der Waals surface area contributed by atoms with E-state index in [2.05, 4.69) is 18.7 Å². The number of piperidine rings is 2. The van der Waals surface area contributed by atoms with Crippen molar-refractivity contribution in [1.82, 2.24) is 4.90 Å². The number of rotatable bonds is 2. The van der Waals surface area contributed by atoms with E-state index in [0.29, 0.717) is 50.1 Å². The Kier molecular flexibility index (Phi) is 6.13. The van der Waals surface area contributed by atoms with Crippen LogP contribution in [0.15, 0.2) is 11.6 Å². The fraction of sp³-hybridized carbons (Fsp3) is 0.906. The molecule has 15 atom stereocenters. The van der Waals surface area contributed by atoms with Gasteiger partial charge >= 0.3 is 5.97 Å². The van der Waals surface area contributed by atoms with E-state index in [9.17, 15) is 30.3 Å². The maximum absolute atomic E-state index is 12.8. The highest BCUT2D eigenvalue weighted by Gasteiger charge is 2.85. The van der Waals surface area contributed by atoms with Gasteiger partial charge in [-0.15, -0.1) is 0 Å². The molecule has 7 rings (SSSR count). The highest BCUT2D eigenvalue weighted by molar-refractivity contribution is 5.87. The third-order valence-corrected chi connectivity index (χ3v) is 13.8. The van der Waals surface area contributed by atoms with Crippen LogP contribution in [0.1, 0.15) is 79.6 Å². The number of fused-ring (bicyclic) bond motifs is 5. The molecule has 7 fully saturated rings. The number of hydrogen-bond acceptors (Lipinski definition) is 9. The molecule has 0 amide bonds. The fourth-order valence-corrected chi connectivity index (χ4v) is 11.9. The van der Waals surface area contributed by atoms with Crippen LogP contribution < -0.4 is 0 Å². The first-order chi connectivity index (χ1) is 19.2. The van der Waals surface area contributed by atoms with Crippen LogP contribution in [0.5, 0.6) is 0 Å². The lowest BCUT2D eigenvalue weighted by Gasteiger charge is -2.63. The zero-order valence-electron chi connectivity index (χ0n) is 25.1. The summed E-state index contributed by atoms with van der Waals surface area (Å²) in [7, 11) is 0. The Morgan fingerprint density at radius 2 is 1.73 bits per heavy atom. The summed E-state index contributed by atoms with van der Waals surface area (Å²) in [6, 6.07) is -0.101. The van der Waals surface area contributed by atoms with Crippen molar-refractivity contribution < 1.29 is 39.8 Å². The van der Waals surface area contributed by atoms with Gasteiger partial charge in [0.2, 0.25) is 5.79 Å². The summed E-state index contributed by atoms with van der Waals surface area (Å²) < 4.78 is 12.7. The lowest BCUT2D eigenvalue weighted by Crippen LogP contribution is -2.76. The maximum Gasteiger partial charge on any atom is 0.333 e. The predicted octanol–water partition coefficient (Wildman–Crippen LogP) is 1.73. The lowest BCUT2D eigenvalue weighted by molar-refractivity contribution is -0.292. The van der Waals surface area contributed by atoms with Crippen molar-refractivity contribution in [2.75, 3.05) is 13.1 Å². The van der Waals surface area contributed by atoms with Gasteiger partial charge in [0.15, 0.2) is 6.10 Å². The van der Waals surface area contributed by atoms with Crippen molar-refractivity contribution in [3.63, 3.8) is 0 Å². The normalized spacial score (nSPS) is 59.6. The van der Waals surface area contributed by atoms with E-state index in [1.54, 1.807) is 19.9 Å². The van der Waals surface area contributed by atoms with Gasteiger partial charge in [-0.2, -0.15) is 0 Å². The molecule has 3 heterocycles. The topological polar surface area (TPSA) is 140 Å². The average molecular weight is 576 g/mol. The number of nitrogens with zero attached hydrogens (tertiary/aromatic N) is 1. The summed E-state index contributed by atoms with van der Waals surface area (Å²) in [4.78, 5) is 15.1. The Hall–Kier alpha value is -1.07. The zero-order valence-corrected chi connectivity index (χ0v) is 25.1. The van der Waals surface area contributed by atoms with Crippen LogP contribution in [0, 0.1) is 40.9 Å². The molecule has 0 unspecified atom stereocenters. The minimum absolute atomic E-state index is 0.101. The molecular weight excluding hydrogens is 526 g/mol. The molecule has 1 spiro atoms. The maximum atomic E-state index is 12.8. The van der Waals surface area contributed by atoms with Crippen LogP contribution in [-0.4, -0.2) is 96.4 Å². The fourth-order valence-electron chi connectivity index (χ4n) is 11.9. The van der Waals surface area contributed by atoms with E-state index in [-0.39, 0.29) is 17.9 Å². The summed E-state index contributed by atoms with van der Waals surface area (Å²) in [5.74, 6) is -3.71. The Labute approximate surface area is 242 Å². The molecule has 0 aromatic rings. The zero-order chi connectivity index (χ0) is 29.5. The first-order valence-corrected chi connectivity index (χ1v) is 16.0. The van der Waals surface area contributed by atoms with Crippen LogP contribution in [0.4, 0.5) is 0 Å². The van der Waals surface area contributed by atoms with Gasteiger partial charge in [-0.3, -0.25) is 4.90 Å². The summed E-state index contributed by atoms with van der Waals surface area (Å²) >= 11 is 0. The number of carbonyl (C=O) groups excluding carboxylic acids is 1. The van der Waals surface area contributed by atoms with Crippen molar-refractivity contribution in [2.45, 2.75) is 127 Å². The van der Waals surface area contributed by atoms with Crippen molar-refractivity contribution in [3.8, 4) is 0 Å². The molecule has 9 nitrogen and oxygen atoms in total. The standard InChI is InChI=1S/C32H49NO8/c1-6-17(3)27(36)40-23-11-12-28(4)20-8-9-21-30(28,41-32(20,23)39)13-19-18-15-33-14-16(2)7-10-22(33)29(5,37)24(18)25(34)26(35)31(19,21)38/h6,16,18-26,34-35,37-39H,7-15H2,1-5H3/b17-6-/t16-,18-,19-,20-,21+,22-,23-,24+,25+,26-,28-,29+,30+,31-,32-/m0/s1. The van der Waals surface area contributed by atoms with Gasteiger partial charge in [0.25, 0.3) is 0 Å². The molecule has 3 saturated heterocycles. The number of esters is 1. The molecule has 5 N–H and O–H groups in total. The molecule has 4 saturated carbocycles. The molecule has 4 aliphatic carbocycles. The van der Waals surface area contributed by atoms with Gasteiger partial charge < -0.3 is 35.0 Å². The van der Waals surface area contributed by atoms with Crippen LogP contribution in [-0.2, 0) is 14.3 Å². The van der Waals surface area contributed by atoms with Crippen molar-refractivity contribution in [1.29, 1.82) is 0 Å². The van der Waals surface area contributed by atoms with E-state index in [1.165, 1.54) is 0 Å². The third-order valence-electron chi connectivity index (χ3n) is 13.8. The second-order valence-electron chi connectivity index (χ2n) is 15.4. The number of hydrogen-bond donors (Lipinski definition) is 5. The van der Waals surface area contributed by atoms with Crippen LogP contribution in [0.3, 0.4) is 0 Å². The molecule has 230 valence electrons. The summed E-state index contributed by atoms with van der Waals surface area (Å²) in [6.07, 6.45) is 2.61. The monoisotopic (exact) mass is 575 g/mol. The van der Waals surface area contributed by atoms with Crippen molar-refractivity contribution in [3.05, 3.63) is 11.6 Å². The van der Waals surface area contributed by atoms with Crippen LogP contribution in [0.25, 0.3) is 0 Å². The van der Waals surface area contributed by atoms with Gasteiger partial charge in [0.05, 0.1) is 17.3 Å². The number of carbonyl (C=O) groups is 1. The van der Waals surface area contributed by atoms with Crippen LogP contribution in [0.2, 0.25) is 0 Å². The predicted molar refractivity (Wildman–Crippen MR) is 148 cm³/mol. The third kappa shape index (κ3) is 3.30. The van der Waals surface area contributed by atoms with E-state index in [1.807, 2.05) is 6.92 Å². The minimum Gasteiger partial charge on any atom is -0.453 e.